The minimum absolute atomic E-state index is 0.157. The van der Waals surface area contributed by atoms with Gasteiger partial charge in [-0.25, -0.2) is 4.79 Å². The van der Waals surface area contributed by atoms with Crippen molar-refractivity contribution in [2.75, 3.05) is 39.3 Å². The van der Waals surface area contributed by atoms with E-state index in [1.165, 1.54) is 0 Å². The summed E-state index contributed by atoms with van der Waals surface area (Å²) in [6.45, 7) is 7.40. The van der Waals surface area contributed by atoms with E-state index in [9.17, 15) is 9.59 Å². The average molecular weight is 271 g/mol. The van der Waals surface area contributed by atoms with E-state index in [1.807, 2.05) is 6.92 Å². The summed E-state index contributed by atoms with van der Waals surface area (Å²) < 4.78 is 0. The highest BCUT2D eigenvalue weighted by atomic mass is 16.2. The van der Waals surface area contributed by atoms with Gasteiger partial charge in [0.25, 0.3) is 0 Å². The summed E-state index contributed by atoms with van der Waals surface area (Å²) in [6, 6.07) is -1.18. The first kappa shape index (κ1) is 15.7. The summed E-state index contributed by atoms with van der Waals surface area (Å²) in [5.74, 6) is -0.157. The summed E-state index contributed by atoms with van der Waals surface area (Å²) in [5, 5.41) is 8.60. The molecule has 1 atom stereocenters. The predicted octanol–water partition coefficient (Wildman–Crippen LogP) is -1.16. The number of hydrogen-bond acceptors (Lipinski definition) is 4. The molecule has 0 saturated carbocycles. The lowest BCUT2D eigenvalue weighted by Crippen LogP contribution is -2.51. The third-order valence-electron chi connectivity index (χ3n) is 3.15. The van der Waals surface area contributed by atoms with Crippen molar-refractivity contribution in [3.8, 4) is 0 Å². The molecule has 0 bridgehead atoms. The molecule has 5 N–H and O–H groups in total. The van der Waals surface area contributed by atoms with Gasteiger partial charge in [0.15, 0.2) is 0 Å². The Bertz CT molecular complexity index is 292. The molecule has 1 rings (SSSR count). The SMILES string of the molecule is CCC[C@@H](NC(N)=O)C(=O)NCCN1CCNCC1. The van der Waals surface area contributed by atoms with Gasteiger partial charge in [-0.15, -0.1) is 0 Å². The maximum atomic E-state index is 11.9. The van der Waals surface area contributed by atoms with Crippen molar-refractivity contribution in [2.24, 2.45) is 5.73 Å². The van der Waals surface area contributed by atoms with E-state index in [2.05, 4.69) is 20.9 Å². The van der Waals surface area contributed by atoms with Crippen LogP contribution in [0.15, 0.2) is 0 Å². The smallest absolute Gasteiger partial charge is 0.312 e. The third kappa shape index (κ3) is 6.40. The molecule has 0 unspecified atom stereocenters. The maximum absolute atomic E-state index is 11.9. The highest BCUT2D eigenvalue weighted by molar-refractivity contribution is 5.86. The van der Waals surface area contributed by atoms with Gasteiger partial charge in [-0.1, -0.05) is 13.3 Å². The Morgan fingerprint density at radius 2 is 2.05 bits per heavy atom. The Balaban J connectivity index is 2.24. The van der Waals surface area contributed by atoms with Gasteiger partial charge in [0.1, 0.15) is 6.04 Å². The van der Waals surface area contributed by atoms with Gasteiger partial charge in [0.05, 0.1) is 0 Å². The molecule has 0 aliphatic carbocycles. The topological polar surface area (TPSA) is 99.5 Å². The second-order valence-electron chi connectivity index (χ2n) is 4.73. The molecule has 0 aromatic heterocycles. The molecule has 7 nitrogen and oxygen atoms in total. The van der Waals surface area contributed by atoms with Crippen molar-refractivity contribution < 1.29 is 9.59 Å². The Morgan fingerprint density at radius 3 is 2.63 bits per heavy atom. The lowest BCUT2D eigenvalue weighted by atomic mass is 10.1. The third-order valence-corrected chi connectivity index (χ3v) is 3.15. The molecular formula is C12H25N5O2. The predicted molar refractivity (Wildman–Crippen MR) is 73.7 cm³/mol. The van der Waals surface area contributed by atoms with Crippen LogP contribution in [0.2, 0.25) is 0 Å². The maximum Gasteiger partial charge on any atom is 0.312 e. The minimum atomic E-state index is -0.657. The molecule has 0 radical (unpaired) electrons. The number of carbonyl (C=O) groups is 2. The molecule has 1 fully saturated rings. The molecule has 0 spiro atoms. The fourth-order valence-corrected chi connectivity index (χ4v) is 2.12. The second-order valence-corrected chi connectivity index (χ2v) is 4.73. The molecule has 19 heavy (non-hydrogen) atoms. The highest BCUT2D eigenvalue weighted by Gasteiger charge is 2.18. The lowest BCUT2D eigenvalue weighted by Gasteiger charge is -2.27. The number of primary amides is 1. The lowest BCUT2D eigenvalue weighted by molar-refractivity contribution is -0.123. The standard InChI is InChI=1S/C12H25N5O2/c1-2-3-10(16-12(13)19)11(18)15-6-9-17-7-4-14-5-8-17/h10,14H,2-9H2,1H3,(H,15,18)(H3,13,16,19)/t10-/m1/s1. The number of hydrogen-bond donors (Lipinski definition) is 4. The van der Waals surface area contributed by atoms with Crippen LogP contribution in [0.4, 0.5) is 4.79 Å². The van der Waals surface area contributed by atoms with E-state index < -0.39 is 12.1 Å². The summed E-state index contributed by atoms with van der Waals surface area (Å²) in [6.07, 6.45) is 1.42. The highest BCUT2D eigenvalue weighted by Crippen LogP contribution is 1.97. The summed E-state index contributed by atoms with van der Waals surface area (Å²) in [5.41, 5.74) is 5.06. The van der Waals surface area contributed by atoms with E-state index >= 15 is 0 Å². The van der Waals surface area contributed by atoms with Crippen molar-refractivity contribution >= 4 is 11.9 Å². The van der Waals surface area contributed by atoms with Crippen LogP contribution in [0.25, 0.3) is 0 Å². The molecule has 7 heteroatoms. The van der Waals surface area contributed by atoms with Crippen LogP contribution in [0.1, 0.15) is 19.8 Å². The quantitative estimate of drug-likeness (QED) is 0.469. The number of amides is 3. The van der Waals surface area contributed by atoms with Crippen LogP contribution >= 0.6 is 0 Å². The number of urea groups is 1. The van der Waals surface area contributed by atoms with Crippen LogP contribution in [-0.2, 0) is 4.79 Å². The van der Waals surface area contributed by atoms with Crippen LogP contribution in [0.3, 0.4) is 0 Å². The van der Waals surface area contributed by atoms with E-state index in [1.54, 1.807) is 0 Å². The van der Waals surface area contributed by atoms with Crippen LogP contribution in [0.5, 0.6) is 0 Å². The Labute approximate surface area is 114 Å². The molecular weight excluding hydrogens is 246 g/mol. The Hall–Kier alpha value is -1.34. The first-order valence-electron chi connectivity index (χ1n) is 6.90. The molecule has 110 valence electrons. The van der Waals surface area contributed by atoms with Gasteiger partial charge >= 0.3 is 6.03 Å². The molecule has 0 aromatic carbocycles. The molecule has 1 aliphatic heterocycles. The zero-order valence-electron chi connectivity index (χ0n) is 11.6. The van der Waals surface area contributed by atoms with Crippen molar-refractivity contribution in [1.29, 1.82) is 0 Å². The van der Waals surface area contributed by atoms with Gasteiger partial charge in [-0.2, -0.15) is 0 Å². The normalized spacial score (nSPS) is 17.7. The van der Waals surface area contributed by atoms with E-state index in [-0.39, 0.29) is 5.91 Å². The van der Waals surface area contributed by atoms with E-state index in [0.29, 0.717) is 13.0 Å². The zero-order valence-corrected chi connectivity index (χ0v) is 11.6. The molecule has 3 amide bonds. The van der Waals surface area contributed by atoms with Crippen LogP contribution in [0, 0.1) is 0 Å². The fraction of sp³-hybridized carbons (Fsp3) is 0.833. The number of nitrogens with one attached hydrogen (secondary N) is 3. The summed E-state index contributed by atoms with van der Waals surface area (Å²) in [7, 11) is 0. The Kier molecular flexibility index (Phi) is 7.20. The Morgan fingerprint density at radius 1 is 1.37 bits per heavy atom. The summed E-state index contributed by atoms with van der Waals surface area (Å²) in [4.78, 5) is 25.0. The fourth-order valence-electron chi connectivity index (χ4n) is 2.12. The van der Waals surface area contributed by atoms with Crippen molar-refractivity contribution in [3.05, 3.63) is 0 Å². The average Bonchev–Trinajstić information content (AvgIpc) is 2.39. The van der Waals surface area contributed by atoms with E-state index in [4.69, 9.17) is 5.73 Å². The largest absolute Gasteiger partial charge is 0.353 e. The van der Waals surface area contributed by atoms with Gasteiger partial charge in [-0.3, -0.25) is 9.69 Å². The molecule has 1 heterocycles. The monoisotopic (exact) mass is 271 g/mol. The van der Waals surface area contributed by atoms with Gasteiger partial charge < -0.3 is 21.7 Å². The molecule has 0 aromatic rings. The second kappa shape index (κ2) is 8.71. The molecule has 1 aliphatic rings. The zero-order chi connectivity index (χ0) is 14.1. The molecule has 1 saturated heterocycles. The first-order chi connectivity index (χ1) is 9.13. The number of rotatable bonds is 7. The van der Waals surface area contributed by atoms with Crippen molar-refractivity contribution in [3.63, 3.8) is 0 Å². The number of piperazine rings is 1. The van der Waals surface area contributed by atoms with Crippen LogP contribution < -0.4 is 21.7 Å². The summed E-state index contributed by atoms with van der Waals surface area (Å²) >= 11 is 0. The number of nitrogens with zero attached hydrogens (tertiary/aromatic N) is 1. The van der Waals surface area contributed by atoms with Crippen molar-refractivity contribution in [2.45, 2.75) is 25.8 Å². The first-order valence-corrected chi connectivity index (χ1v) is 6.90. The van der Waals surface area contributed by atoms with E-state index in [0.717, 1.165) is 39.1 Å². The minimum Gasteiger partial charge on any atom is -0.353 e. The van der Waals surface area contributed by atoms with Gasteiger partial charge in [0.2, 0.25) is 5.91 Å². The van der Waals surface area contributed by atoms with Crippen LogP contribution in [-0.4, -0.2) is 62.1 Å². The van der Waals surface area contributed by atoms with Gasteiger partial charge in [0, 0.05) is 39.3 Å². The number of carbonyl (C=O) groups excluding carboxylic acids is 2. The number of nitrogens with two attached hydrogens (primary N) is 1. The van der Waals surface area contributed by atoms with Gasteiger partial charge in [-0.05, 0) is 6.42 Å². The van der Waals surface area contributed by atoms with Crippen molar-refractivity contribution in [1.82, 2.24) is 20.9 Å².